The number of ether oxygens (including phenoxy) is 1. The predicted octanol–water partition coefficient (Wildman–Crippen LogP) is 3.50. The monoisotopic (exact) mass is 452 g/mol. The molecule has 1 heterocycles. The van der Waals surface area contributed by atoms with E-state index in [-0.39, 0.29) is 11.5 Å². The highest BCUT2D eigenvalue weighted by atomic mass is 35.5. The van der Waals surface area contributed by atoms with Gasteiger partial charge in [-0.15, -0.1) is 10.1 Å². The van der Waals surface area contributed by atoms with Gasteiger partial charge in [0.15, 0.2) is 6.04 Å². The summed E-state index contributed by atoms with van der Waals surface area (Å²) in [4.78, 5) is 25.7. The number of methoxy groups -OCH3 is 1. The van der Waals surface area contributed by atoms with Gasteiger partial charge in [-0.2, -0.15) is 0 Å². The van der Waals surface area contributed by atoms with Gasteiger partial charge in [0.1, 0.15) is 11.6 Å². The molecule has 1 fully saturated rings. The molecule has 1 aliphatic rings. The lowest BCUT2D eigenvalue weighted by Crippen LogP contribution is -2.42. The molecule has 32 heavy (non-hydrogen) atoms. The molecule has 3 aromatic rings. The highest BCUT2D eigenvalue weighted by Crippen LogP contribution is 2.27. The van der Waals surface area contributed by atoms with E-state index < -0.39 is 23.8 Å². The van der Waals surface area contributed by atoms with Gasteiger partial charge in [0.05, 0.1) is 17.7 Å². The lowest BCUT2D eigenvalue weighted by atomic mass is 9.99. The first kappa shape index (κ1) is 21.5. The van der Waals surface area contributed by atoms with Crippen molar-refractivity contribution < 1.29 is 23.4 Å². The summed E-state index contributed by atoms with van der Waals surface area (Å²) in [6, 6.07) is 18.1. The zero-order chi connectivity index (χ0) is 22.7. The maximum absolute atomic E-state index is 13.2. The Morgan fingerprint density at radius 2 is 1.78 bits per heavy atom. The Bertz CT molecular complexity index is 1180. The van der Waals surface area contributed by atoms with Crippen molar-refractivity contribution in [3.8, 4) is 5.75 Å². The van der Waals surface area contributed by atoms with Gasteiger partial charge in [0.25, 0.3) is 5.91 Å². The lowest BCUT2D eigenvalue weighted by molar-refractivity contribution is -0.596. The van der Waals surface area contributed by atoms with Crippen molar-refractivity contribution in [1.29, 1.82) is 0 Å². The van der Waals surface area contributed by atoms with Gasteiger partial charge in [-0.1, -0.05) is 23.7 Å². The summed E-state index contributed by atoms with van der Waals surface area (Å²) in [5.74, 6) is -0.649. The molecular formula is C24H20ClFN3O3+. The van der Waals surface area contributed by atoms with Crippen LogP contribution in [0.4, 0.5) is 4.39 Å². The van der Waals surface area contributed by atoms with Crippen LogP contribution in [-0.4, -0.2) is 35.9 Å². The van der Waals surface area contributed by atoms with Crippen LogP contribution in [0.1, 0.15) is 27.5 Å². The number of hydrazone groups is 1. The van der Waals surface area contributed by atoms with Crippen molar-refractivity contribution in [2.24, 2.45) is 0 Å². The number of hydrogen-bond donors (Lipinski definition) is 2. The highest BCUT2D eigenvalue weighted by molar-refractivity contribution is 6.32. The molecule has 0 aliphatic carbocycles. The van der Waals surface area contributed by atoms with Crippen molar-refractivity contribution in [3.05, 3.63) is 100 Å². The highest BCUT2D eigenvalue weighted by Gasteiger charge is 2.47. The van der Waals surface area contributed by atoms with Crippen LogP contribution in [0.15, 0.2) is 72.8 Å². The van der Waals surface area contributed by atoms with E-state index in [4.69, 9.17) is 16.3 Å². The van der Waals surface area contributed by atoms with Crippen LogP contribution < -0.4 is 15.5 Å². The molecule has 162 valence electrons. The maximum atomic E-state index is 13.2. The number of nitrogens with one attached hydrogen (secondary N) is 2. The number of halogens is 2. The Morgan fingerprint density at radius 1 is 1.09 bits per heavy atom. The number of hydrazine groups is 1. The Balaban J connectivity index is 1.71. The van der Waals surface area contributed by atoms with Crippen LogP contribution in [0.25, 0.3) is 0 Å². The van der Waals surface area contributed by atoms with E-state index in [2.05, 4.69) is 10.7 Å². The molecule has 0 unspecified atom stereocenters. The second kappa shape index (κ2) is 9.20. The van der Waals surface area contributed by atoms with Crippen molar-refractivity contribution in [2.45, 2.75) is 12.1 Å². The molecule has 0 bridgehead atoms. The van der Waals surface area contributed by atoms with Gasteiger partial charge in [-0.3, -0.25) is 9.59 Å². The average Bonchev–Trinajstić information content (AvgIpc) is 3.10. The van der Waals surface area contributed by atoms with Crippen LogP contribution in [-0.2, 0) is 4.79 Å². The van der Waals surface area contributed by atoms with Crippen molar-refractivity contribution >= 4 is 29.6 Å². The van der Waals surface area contributed by atoms with E-state index in [0.717, 1.165) is 5.56 Å². The number of carbonyl (C=O) groups is 2. The Kier molecular flexibility index (Phi) is 6.18. The van der Waals surface area contributed by atoms with E-state index in [1.54, 1.807) is 36.2 Å². The minimum Gasteiger partial charge on any atom is -0.497 e. The fraction of sp³-hybridized carbons (Fsp3) is 0.125. The summed E-state index contributed by atoms with van der Waals surface area (Å²) in [5, 5.41) is 3.29. The number of hydrogen-bond acceptors (Lipinski definition) is 3. The first-order chi connectivity index (χ1) is 15.5. The van der Waals surface area contributed by atoms with E-state index in [9.17, 15) is 14.0 Å². The van der Waals surface area contributed by atoms with Gasteiger partial charge < -0.3 is 10.1 Å². The Hall–Kier alpha value is -3.71. The molecule has 1 aliphatic heterocycles. The molecule has 4 rings (SSSR count). The van der Waals surface area contributed by atoms with Crippen molar-refractivity contribution in [3.63, 3.8) is 0 Å². The summed E-state index contributed by atoms with van der Waals surface area (Å²) >= 11 is 6.30. The molecule has 0 saturated carbocycles. The normalized spacial score (nSPS) is 19.0. The number of rotatable bonds is 5. The largest absolute Gasteiger partial charge is 0.497 e. The maximum Gasteiger partial charge on any atom is 0.304 e. The van der Waals surface area contributed by atoms with E-state index in [1.165, 1.54) is 24.3 Å². The Morgan fingerprint density at radius 3 is 2.44 bits per heavy atom. The fourth-order valence-electron chi connectivity index (χ4n) is 3.54. The molecule has 0 spiro atoms. The van der Waals surface area contributed by atoms with Crippen LogP contribution >= 0.6 is 11.6 Å². The summed E-state index contributed by atoms with van der Waals surface area (Å²) in [7, 11) is 1.57. The molecule has 2 N–H and O–H groups in total. The minimum atomic E-state index is -0.903. The summed E-state index contributed by atoms with van der Waals surface area (Å²) in [5.41, 5.74) is 4.53. The molecule has 3 aromatic carbocycles. The zero-order valence-electron chi connectivity index (χ0n) is 17.1. The molecule has 2 atom stereocenters. The molecule has 2 amide bonds. The molecule has 8 heteroatoms. The third-order valence-electron chi connectivity index (χ3n) is 5.17. The predicted molar refractivity (Wildman–Crippen MR) is 118 cm³/mol. The summed E-state index contributed by atoms with van der Waals surface area (Å²) < 4.78 is 20.1. The van der Waals surface area contributed by atoms with Crippen LogP contribution in [0.5, 0.6) is 5.75 Å². The third kappa shape index (κ3) is 4.48. The standard InChI is InChI=1S/C24H19ClFN3O3/c1-32-19-12-8-15(9-13-19)22-21(27-23(30)16-6-10-18(26)11-7-16)24(31)28-29(22)14-17-4-2-3-5-20(17)25/h2-14,21-22H,1H3,(H-,27,28,30,31)/p+1/b29-14-/t21-,22-/m0/s1. The van der Waals surface area contributed by atoms with Crippen molar-refractivity contribution in [2.75, 3.05) is 7.11 Å². The second-order valence-corrected chi connectivity index (χ2v) is 7.62. The summed E-state index contributed by atoms with van der Waals surface area (Å²) in [6.07, 6.45) is 1.72. The number of amides is 2. The van der Waals surface area contributed by atoms with Gasteiger partial charge in [-0.25, -0.2) is 4.39 Å². The van der Waals surface area contributed by atoms with Crippen LogP contribution in [0.2, 0.25) is 5.02 Å². The molecule has 0 aromatic heterocycles. The molecule has 0 radical (unpaired) electrons. The minimum absolute atomic E-state index is 0.251. The first-order valence-electron chi connectivity index (χ1n) is 9.85. The fourth-order valence-corrected chi connectivity index (χ4v) is 3.72. The molecule has 1 saturated heterocycles. The van der Waals surface area contributed by atoms with Crippen molar-refractivity contribution in [1.82, 2.24) is 10.7 Å². The smallest absolute Gasteiger partial charge is 0.304 e. The van der Waals surface area contributed by atoms with Crippen LogP contribution in [0, 0.1) is 5.82 Å². The third-order valence-corrected chi connectivity index (χ3v) is 5.52. The average molecular weight is 453 g/mol. The zero-order valence-corrected chi connectivity index (χ0v) is 17.8. The molecular weight excluding hydrogens is 433 g/mol. The first-order valence-corrected chi connectivity index (χ1v) is 10.2. The van der Waals surface area contributed by atoms with E-state index in [1.807, 2.05) is 30.3 Å². The van der Waals surface area contributed by atoms with Gasteiger partial charge >= 0.3 is 5.91 Å². The Labute approximate surface area is 189 Å². The van der Waals surface area contributed by atoms with Gasteiger partial charge in [-0.05, 0) is 60.7 Å². The number of nitrogens with zero attached hydrogens (tertiary/aromatic N) is 1. The van der Waals surface area contributed by atoms with Crippen LogP contribution in [0.3, 0.4) is 0 Å². The molecule has 6 nitrogen and oxygen atoms in total. The number of carbonyl (C=O) groups excluding carboxylic acids is 2. The van der Waals surface area contributed by atoms with E-state index >= 15 is 0 Å². The summed E-state index contributed by atoms with van der Waals surface area (Å²) in [6.45, 7) is 0. The quantitative estimate of drug-likeness (QED) is 0.582. The second-order valence-electron chi connectivity index (χ2n) is 7.21. The topological polar surface area (TPSA) is 70.4 Å². The lowest BCUT2D eigenvalue weighted by Gasteiger charge is -2.15. The number of benzene rings is 3. The van der Waals surface area contributed by atoms with E-state index in [0.29, 0.717) is 16.3 Å². The SMILES string of the molecule is COc1ccc([C@H]2[C@H](NC(=O)c3ccc(F)cc3)C(=O)N/[N+]2=C\c2ccccc2Cl)cc1. The van der Waals surface area contributed by atoms with Gasteiger partial charge in [0.2, 0.25) is 12.3 Å². The van der Waals surface area contributed by atoms with Gasteiger partial charge in [0, 0.05) is 11.1 Å².